The summed E-state index contributed by atoms with van der Waals surface area (Å²) in [5.41, 5.74) is 1.40. The van der Waals surface area contributed by atoms with Crippen LogP contribution in [-0.4, -0.2) is 35.1 Å². The van der Waals surface area contributed by atoms with Crippen molar-refractivity contribution in [3.05, 3.63) is 82.2 Å². The molecule has 1 aromatic heterocycles. The minimum absolute atomic E-state index is 0.0997. The van der Waals surface area contributed by atoms with Gasteiger partial charge in [-0.15, -0.1) is 0 Å². The van der Waals surface area contributed by atoms with Crippen molar-refractivity contribution in [3.63, 3.8) is 0 Å². The Hall–Kier alpha value is -3.69. The zero-order valence-electron chi connectivity index (χ0n) is 15.6. The molecule has 0 spiro atoms. The fourth-order valence-corrected chi connectivity index (χ4v) is 2.54. The number of nitro benzene ring substituents is 1. The number of carbonyl (C=O) groups excluding carboxylic acids is 1. The van der Waals surface area contributed by atoms with Crippen molar-refractivity contribution >= 4 is 11.7 Å². The molecule has 0 radical (unpaired) electrons. The van der Waals surface area contributed by atoms with Crippen LogP contribution in [-0.2, 0) is 9.47 Å². The first-order chi connectivity index (χ1) is 14.0. The summed E-state index contributed by atoms with van der Waals surface area (Å²) >= 11 is 0. The topological polar surface area (TPSA) is 114 Å². The number of carbonyl (C=O) groups is 1. The van der Waals surface area contributed by atoms with Crippen LogP contribution in [0.5, 0.6) is 5.75 Å². The molecule has 148 valence electrons. The quantitative estimate of drug-likeness (QED) is 0.196. The van der Waals surface area contributed by atoms with Gasteiger partial charge >= 0.3 is 5.97 Å². The molecule has 29 heavy (non-hydrogen) atoms. The first kappa shape index (κ1) is 20.1. The Morgan fingerprint density at radius 2 is 1.66 bits per heavy atom. The van der Waals surface area contributed by atoms with Gasteiger partial charge in [0.25, 0.3) is 5.69 Å². The second-order valence-electron chi connectivity index (χ2n) is 5.83. The molecule has 9 nitrogen and oxygen atoms in total. The number of hydrogen-bond donors (Lipinski definition) is 0. The maximum Gasteiger partial charge on any atom is 0.343 e. The molecule has 0 saturated carbocycles. The number of nitrogens with zero attached hydrogens (tertiary/aromatic N) is 3. The summed E-state index contributed by atoms with van der Waals surface area (Å²) in [6.07, 6.45) is 1.00. The minimum Gasteiger partial charge on any atom is -0.423 e. The molecule has 2 aromatic carbocycles. The monoisotopic (exact) mass is 395 g/mol. The summed E-state index contributed by atoms with van der Waals surface area (Å²) in [5, 5.41) is 10.7. The van der Waals surface area contributed by atoms with Crippen LogP contribution in [0.15, 0.2) is 60.8 Å². The third-order valence-electron chi connectivity index (χ3n) is 3.98. The van der Waals surface area contributed by atoms with Gasteiger partial charge in [-0.3, -0.25) is 10.1 Å². The maximum atomic E-state index is 12.2. The lowest BCUT2D eigenvalue weighted by Gasteiger charge is -2.13. The van der Waals surface area contributed by atoms with Gasteiger partial charge in [0.1, 0.15) is 11.4 Å². The first-order valence-corrected chi connectivity index (χ1v) is 8.47. The molecule has 0 fully saturated rings. The Kier molecular flexibility index (Phi) is 6.22. The Bertz CT molecular complexity index is 1000. The number of aromatic nitrogens is 2. The van der Waals surface area contributed by atoms with Crippen LogP contribution < -0.4 is 4.74 Å². The van der Waals surface area contributed by atoms with Crippen molar-refractivity contribution in [2.45, 2.75) is 6.29 Å². The van der Waals surface area contributed by atoms with E-state index >= 15 is 0 Å². The number of ether oxygens (including phenoxy) is 3. The molecule has 0 aliphatic rings. The van der Waals surface area contributed by atoms with Crippen molar-refractivity contribution < 1.29 is 23.9 Å². The lowest BCUT2D eigenvalue weighted by atomic mass is 10.2. The number of nitro groups is 1. The number of rotatable bonds is 7. The Labute approximate surface area is 166 Å². The van der Waals surface area contributed by atoms with E-state index in [2.05, 4.69) is 9.97 Å². The Balaban J connectivity index is 1.72. The standard InChI is InChI=1S/C20H17N3O6/c1-27-20(28-2)17-11-12-21-18(22-17)13-5-9-16(10-6-13)29-19(24)14-3-7-15(8-4-14)23(25)26/h3-12,20H,1-2H3. The van der Waals surface area contributed by atoms with E-state index in [0.717, 1.165) is 0 Å². The van der Waals surface area contributed by atoms with Crippen LogP contribution in [0.1, 0.15) is 22.3 Å². The molecule has 0 saturated heterocycles. The highest BCUT2D eigenvalue weighted by Crippen LogP contribution is 2.23. The third-order valence-corrected chi connectivity index (χ3v) is 3.98. The van der Waals surface area contributed by atoms with Gasteiger partial charge in [-0.1, -0.05) is 0 Å². The lowest BCUT2D eigenvalue weighted by molar-refractivity contribution is -0.384. The van der Waals surface area contributed by atoms with Gasteiger partial charge in [0.05, 0.1) is 10.5 Å². The van der Waals surface area contributed by atoms with Crippen molar-refractivity contribution in [1.82, 2.24) is 9.97 Å². The van der Waals surface area contributed by atoms with E-state index in [1.54, 1.807) is 36.5 Å². The van der Waals surface area contributed by atoms with E-state index in [0.29, 0.717) is 22.8 Å². The average molecular weight is 395 g/mol. The van der Waals surface area contributed by atoms with Crippen LogP contribution in [0.25, 0.3) is 11.4 Å². The maximum absolute atomic E-state index is 12.2. The van der Waals surface area contributed by atoms with E-state index in [4.69, 9.17) is 14.2 Å². The Morgan fingerprint density at radius 3 is 2.24 bits per heavy atom. The van der Waals surface area contributed by atoms with Gasteiger partial charge in [-0.2, -0.15) is 0 Å². The van der Waals surface area contributed by atoms with E-state index < -0.39 is 17.2 Å². The molecular formula is C20H17N3O6. The van der Waals surface area contributed by atoms with Crippen LogP contribution in [0.4, 0.5) is 5.69 Å². The molecule has 0 bridgehead atoms. The number of esters is 1. The smallest absolute Gasteiger partial charge is 0.343 e. The SMILES string of the molecule is COC(OC)c1ccnc(-c2ccc(OC(=O)c3ccc([N+](=O)[O-])cc3)cc2)n1. The lowest BCUT2D eigenvalue weighted by Crippen LogP contribution is -2.08. The van der Waals surface area contributed by atoms with Crippen LogP contribution in [0.3, 0.4) is 0 Å². The number of non-ortho nitro benzene ring substituents is 1. The van der Waals surface area contributed by atoms with E-state index in [9.17, 15) is 14.9 Å². The molecular weight excluding hydrogens is 378 g/mol. The molecule has 3 rings (SSSR count). The summed E-state index contributed by atoms with van der Waals surface area (Å²) in [7, 11) is 3.04. The van der Waals surface area contributed by atoms with Gasteiger partial charge < -0.3 is 14.2 Å². The molecule has 0 unspecified atom stereocenters. The van der Waals surface area contributed by atoms with E-state index in [1.807, 2.05) is 0 Å². The van der Waals surface area contributed by atoms with Crippen LogP contribution >= 0.6 is 0 Å². The van der Waals surface area contributed by atoms with Gasteiger partial charge in [0.2, 0.25) is 6.29 Å². The largest absolute Gasteiger partial charge is 0.423 e. The minimum atomic E-state index is -0.617. The summed E-state index contributed by atoms with van der Waals surface area (Å²) in [6.45, 7) is 0. The van der Waals surface area contributed by atoms with Crippen molar-refractivity contribution in [2.75, 3.05) is 14.2 Å². The molecule has 1 heterocycles. The summed E-state index contributed by atoms with van der Waals surface area (Å²) in [4.78, 5) is 31.0. The highest BCUT2D eigenvalue weighted by Gasteiger charge is 2.14. The molecule has 0 aliphatic carbocycles. The van der Waals surface area contributed by atoms with Gasteiger partial charge in [0.15, 0.2) is 5.82 Å². The van der Waals surface area contributed by atoms with Gasteiger partial charge in [0, 0.05) is 38.1 Å². The fraction of sp³-hybridized carbons (Fsp3) is 0.150. The predicted molar refractivity (Wildman–Crippen MR) is 102 cm³/mol. The average Bonchev–Trinajstić information content (AvgIpc) is 2.75. The molecule has 0 N–H and O–H groups in total. The fourth-order valence-electron chi connectivity index (χ4n) is 2.54. The molecule has 0 amide bonds. The third kappa shape index (κ3) is 4.78. The highest BCUT2D eigenvalue weighted by atomic mass is 16.7. The Morgan fingerprint density at radius 1 is 1.00 bits per heavy atom. The number of benzene rings is 2. The zero-order chi connectivity index (χ0) is 20.8. The number of methoxy groups -OCH3 is 2. The van der Waals surface area contributed by atoms with Gasteiger partial charge in [-0.25, -0.2) is 14.8 Å². The second kappa shape index (κ2) is 9.00. The molecule has 9 heteroatoms. The summed E-state index contributed by atoms with van der Waals surface area (Å²) in [5.74, 6) is 0.170. The van der Waals surface area contributed by atoms with Crippen LogP contribution in [0.2, 0.25) is 0 Å². The predicted octanol–water partition coefficient (Wildman–Crippen LogP) is 3.56. The highest BCUT2D eigenvalue weighted by molar-refractivity contribution is 5.91. The van der Waals surface area contributed by atoms with Crippen molar-refractivity contribution in [1.29, 1.82) is 0 Å². The normalized spacial score (nSPS) is 10.7. The zero-order valence-corrected chi connectivity index (χ0v) is 15.6. The van der Waals surface area contributed by atoms with E-state index in [-0.39, 0.29) is 11.3 Å². The van der Waals surface area contributed by atoms with Crippen molar-refractivity contribution in [3.8, 4) is 17.1 Å². The number of hydrogen-bond acceptors (Lipinski definition) is 8. The van der Waals surface area contributed by atoms with Crippen molar-refractivity contribution in [2.24, 2.45) is 0 Å². The summed E-state index contributed by atoms with van der Waals surface area (Å²) < 4.78 is 15.7. The second-order valence-corrected chi connectivity index (χ2v) is 5.83. The first-order valence-electron chi connectivity index (χ1n) is 8.47. The molecule has 0 atom stereocenters. The van der Waals surface area contributed by atoms with E-state index in [1.165, 1.54) is 38.5 Å². The molecule has 3 aromatic rings. The van der Waals surface area contributed by atoms with Gasteiger partial charge in [-0.05, 0) is 42.5 Å². The van der Waals surface area contributed by atoms with Crippen LogP contribution in [0, 0.1) is 10.1 Å². The molecule has 0 aliphatic heterocycles. The summed E-state index contributed by atoms with van der Waals surface area (Å²) in [6, 6.07) is 13.5.